The van der Waals surface area contributed by atoms with Crippen molar-refractivity contribution in [3.63, 3.8) is 0 Å². The van der Waals surface area contributed by atoms with E-state index in [0.717, 1.165) is 10.5 Å². The first-order chi connectivity index (χ1) is 9.93. The molecule has 21 heavy (non-hydrogen) atoms. The van der Waals surface area contributed by atoms with Crippen LogP contribution in [-0.2, 0) is 9.53 Å². The molecule has 0 aliphatic rings. The van der Waals surface area contributed by atoms with E-state index >= 15 is 0 Å². The van der Waals surface area contributed by atoms with E-state index in [4.69, 9.17) is 9.47 Å². The normalized spacial score (nSPS) is 9.86. The van der Waals surface area contributed by atoms with Gasteiger partial charge in [-0.1, -0.05) is 6.58 Å². The summed E-state index contributed by atoms with van der Waals surface area (Å²) in [5, 5.41) is 2.51. The highest BCUT2D eigenvalue weighted by atomic mass is 32.2. The van der Waals surface area contributed by atoms with Gasteiger partial charge in [0.2, 0.25) is 0 Å². The van der Waals surface area contributed by atoms with Crippen LogP contribution in [0.25, 0.3) is 0 Å². The van der Waals surface area contributed by atoms with Gasteiger partial charge in [0.15, 0.2) is 0 Å². The summed E-state index contributed by atoms with van der Waals surface area (Å²) in [5.41, 5.74) is 1.20. The molecule has 0 aromatic heterocycles. The van der Waals surface area contributed by atoms with E-state index in [9.17, 15) is 9.59 Å². The molecule has 0 aliphatic heterocycles. The van der Waals surface area contributed by atoms with Crippen molar-refractivity contribution < 1.29 is 19.1 Å². The first-order valence-corrected chi connectivity index (χ1v) is 7.59. The third kappa shape index (κ3) is 5.91. The van der Waals surface area contributed by atoms with E-state index in [0.29, 0.717) is 11.3 Å². The van der Waals surface area contributed by atoms with Gasteiger partial charge in [0, 0.05) is 10.5 Å². The van der Waals surface area contributed by atoms with E-state index in [-0.39, 0.29) is 13.2 Å². The molecule has 114 valence electrons. The predicted octanol–water partition coefficient (Wildman–Crippen LogP) is 2.92. The molecule has 5 nitrogen and oxygen atoms in total. The van der Waals surface area contributed by atoms with Crippen molar-refractivity contribution in [2.75, 3.05) is 19.4 Å². The molecule has 1 aromatic carbocycles. The van der Waals surface area contributed by atoms with Crippen LogP contribution in [0.1, 0.15) is 12.5 Å². The summed E-state index contributed by atoms with van der Waals surface area (Å²) in [6, 6.07) is 5.58. The topological polar surface area (TPSA) is 64.6 Å². The number of aryl methyl sites for hydroxylation is 1. The van der Waals surface area contributed by atoms with Gasteiger partial charge in [-0.2, -0.15) is 0 Å². The second-order valence-electron chi connectivity index (χ2n) is 4.36. The highest BCUT2D eigenvalue weighted by Crippen LogP contribution is 2.23. The molecule has 0 atom stereocenters. The molecule has 0 radical (unpaired) electrons. The van der Waals surface area contributed by atoms with Gasteiger partial charge >= 0.3 is 12.1 Å². The van der Waals surface area contributed by atoms with Gasteiger partial charge in [-0.25, -0.2) is 9.59 Å². The van der Waals surface area contributed by atoms with Gasteiger partial charge < -0.3 is 14.8 Å². The van der Waals surface area contributed by atoms with Gasteiger partial charge in [0.1, 0.15) is 12.4 Å². The number of esters is 1. The van der Waals surface area contributed by atoms with Gasteiger partial charge in [-0.05, 0) is 43.9 Å². The summed E-state index contributed by atoms with van der Waals surface area (Å²) in [7, 11) is 0. The summed E-state index contributed by atoms with van der Waals surface area (Å²) >= 11 is 1.62. The second kappa shape index (κ2) is 8.36. The molecule has 1 amide bonds. The highest BCUT2D eigenvalue weighted by molar-refractivity contribution is 7.98. The summed E-state index contributed by atoms with van der Waals surface area (Å²) in [4.78, 5) is 23.8. The van der Waals surface area contributed by atoms with Gasteiger partial charge in [0.25, 0.3) is 0 Å². The zero-order valence-corrected chi connectivity index (χ0v) is 13.2. The maximum Gasteiger partial charge on any atom is 0.412 e. The van der Waals surface area contributed by atoms with Gasteiger partial charge in [-0.15, -0.1) is 11.8 Å². The SMILES string of the molecule is C=C(C)C(=O)OCCNC(=O)Oc1ccc(SC)cc1C. The Kier molecular flexibility index (Phi) is 6.81. The second-order valence-corrected chi connectivity index (χ2v) is 5.24. The van der Waals surface area contributed by atoms with E-state index in [2.05, 4.69) is 11.9 Å². The zero-order valence-electron chi connectivity index (χ0n) is 12.4. The molecular formula is C15H19NO4S. The van der Waals surface area contributed by atoms with Crippen molar-refractivity contribution in [3.05, 3.63) is 35.9 Å². The number of benzene rings is 1. The van der Waals surface area contributed by atoms with Crippen molar-refractivity contribution in [1.29, 1.82) is 0 Å². The van der Waals surface area contributed by atoms with Crippen molar-refractivity contribution >= 4 is 23.8 Å². The Balaban J connectivity index is 2.37. The Morgan fingerprint density at radius 2 is 2.10 bits per heavy atom. The van der Waals surface area contributed by atoms with Crippen LogP contribution in [0, 0.1) is 6.92 Å². The quantitative estimate of drug-likeness (QED) is 0.379. The monoisotopic (exact) mass is 309 g/mol. The maximum atomic E-state index is 11.6. The number of hydrogen-bond acceptors (Lipinski definition) is 5. The molecule has 0 saturated carbocycles. The van der Waals surface area contributed by atoms with Crippen LogP contribution in [-0.4, -0.2) is 31.5 Å². The molecule has 0 fully saturated rings. The first kappa shape index (κ1) is 17.1. The number of rotatable bonds is 6. The van der Waals surface area contributed by atoms with Crippen LogP contribution < -0.4 is 10.1 Å². The minimum Gasteiger partial charge on any atom is -0.460 e. The Bertz CT molecular complexity index is 542. The minimum atomic E-state index is -0.582. The van der Waals surface area contributed by atoms with Crippen molar-refractivity contribution in [1.82, 2.24) is 5.32 Å². The largest absolute Gasteiger partial charge is 0.460 e. The van der Waals surface area contributed by atoms with E-state index in [1.54, 1.807) is 24.8 Å². The fraction of sp³-hybridized carbons (Fsp3) is 0.333. The Labute approximate surface area is 128 Å². The maximum absolute atomic E-state index is 11.6. The van der Waals surface area contributed by atoms with Crippen LogP contribution in [0.3, 0.4) is 0 Å². The molecule has 0 aliphatic carbocycles. The van der Waals surface area contributed by atoms with Crippen LogP contribution in [0.5, 0.6) is 5.75 Å². The number of ether oxygens (including phenoxy) is 2. The lowest BCUT2D eigenvalue weighted by Crippen LogP contribution is -2.30. The van der Waals surface area contributed by atoms with E-state index in [1.807, 2.05) is 25.3 Å². The molecule has 0 unspecified atom stereocenters. The molecule has 6 heteroatoms. The Morgan fingerprint density at radius 1 is 1.38 bits per heavy atom. The average molecular weight is 309 g/mol. The van der Waals surface area contributed by atoms with Crippen LogP contribution >= 0.6 is 11.8 Å². The van der Waals surface area contributed by atoms with Crippen LogP contribution in [0.15, 0.2) is 35.2 Å². The minimum absolute atomic E-state index is 0.0746. The molecule has 0 saturated heterocycles. The number of carbonyl (C=O) groups excluding carboxylic acids is 2. The Hall–Kier alpha value is -1.95. The lowest BCUT2D eigenvalue weighted by Gasteiger charge is -2.10. The number of amides is 1. The summed E-state index contributed by atoms with van der Waals surface area (Å²) in [6.07, 6.45) is 1.40. The number of carbonyl (C=O) groups is 2. The standard InChI is InChI=1S/C15H19NO4S/c1-10(2)14(17)19-8-7-16-15(18)20-13-6-5-12(21-4)9-11(13)3/h5-6,9H,1,7-8H2,2-4H3,(H,16,18). The Morgan fingerprint density at radius 3 is 2.67 bits per heavy atom. The van der Waals surface area contributed by atoms with E-state index in [1.165, 1.54) is 0 Å². The molecule has 0 spiro atoms. The lowest BCUT2D eigenvalue weighted by atomic mass is 10.2. The fourth-order valence-electron chi connectivity index (χ4n) is 1.42. The van der Waals surface area contributed by atoms with Crippen molar-refractivity contribution in [3.8, 4) is 5.75 Å². The van der Waals surface area contributed by atoms with Crippen LogP contribution in [0.4, 0.5) is 4.79 Å². The van der Waals surface area contributed by atoms with E-state index < -0.39 is 12.1 Å². The van der Waals surface area contributed by atoms with Gasteiger partial charge in [-0.3, -0.25) is 0 Å². The lowest BCUT2D eigenvalue weighted by molar-refractivity contribution is -0.138. The molecule has 1 N–H and O–H groups in total. The molecule has 1 rings (SSSR count). The molecule has 0 bridgehead atoms. The number of thioether (sulfide) groups is 1. The zero-order chi connectivity index (χ0) is 15.8. The van der Waals surface area contributed by atoms with Gasteiger partial charge in [0.05, 0.1) is 6.54 Å². The predicted molar refractivity (Wildman–Crippen MR) is 82.8 cm³/mol. The molecule has 0 heterocycles. The van der Waals surface area contributed by atoms with Crippen molar-refractivity contribution in [2.45, 2.75) is 18.7 Å². The van der Waals surface area contributed by atoms with Crippen LogP contribution in [0.2, 0.25) is 0 Å². The summed E-state index contributed by atoms with van der Waals surface area (Å²) in [5.74, 6) is 0.0258. The molecular weight excluding hydrogens is 290 g/mol. The fourth-order valence-corrected chi connectivity index (χ4v) is 1.92. The average Bonchev–Trinajstić information content (AvgIpc) is 2.45. The smallest absolute Gasteiger partial charge is 0.412 e. The van der Waals surface area contributed by atoms with Crippen molar-refractivity contribution in [2.24, 2.45) is 0 Å². The summed E-state index contributed by atoms with van der Waals surface area (Å²) < 4.78 is 10.0. The molecule has 1 aromatic rings. The summed E-state index contributed by atoms with van der Waals surface area (Å²) in [6.45, 7) is 7.15. The first-order valence-electron chi connectivity index (χ1n) is 6.37. The number of nitrogens with one attached hydrogen (secondary N) is 1. The highest BCUT2D eigenvalue weighted by Gasteiger charge is 2.08. The third-order valence-electron chi connectivity index (χ3n) is 2.54. The number of hydrogen-bond donors (Lipinski definition) is 1. The third-order valence-corrected chi connectivity index (χ3v) is 3.26.